The average molecular weight is 720 g/mol. The molecular weight excluding hydrogens is 691 g/mol. The highest BCUT2D eigenvalue weighted by molar-refractivity contribution is 7.25. The van der Waals surface area contributed by atoms with Crippen LogP contribution >= 0.6 is 11.3 Å². The highest BCUT2D eigenvalue weighted by Gasteiger charge is 2.20. The van der Waals surface area contributed by atoms with E-state index in [1.165, 1.54) is 20.2 Å². The summed E-state index contributed by atoms with van der Waals surface area (Å²) in [6.07, 6.45) is 0. The SMILES string of the molecule is c1ccc(-c2cccc3c2oc2c(-c4ccc5c6ccccc6n(-c6nc(-c7ccc8c(c7)sc7ccccc78)c7ccccc7n6)c5c4)cccc23)cc1. The lowest BCUT2D eigenvalue weighted by Gasteiger charge is -2.12. The fourth-order valence-corrected chi connectivity index (χ4v) is 9.65. The normalized spacial score (nSPS) is 12.0. The van der Waals surface area contributed by atoms with Crippen LogP contribution in [0.25, 0.3) is 114 Å². The second-order valence-electron chi connectivity index (χ2n) is 14.1. The van der Waals surface area contributed by atoms with Gasteiger partial charge >= 0.3 is 0 Å². The Balaban J connectivity index is 1.09. The summed E-state index contributed by atoms with van der Waals surface area (Å²) in [6, 6.07) is 62.3. The Morgan fingerprint density at radius 1 is 0.400 bits per heavy atom. The standard InChI is InChI=1S/C50H29N3OS/c1-2-12-30(13-3-1)33-17-10-19-39-40-20-11-18-34(49(40)54-48(33)39)31-24-26-36-35-14-5-8-22-43(35)53(44(36)28-31)50-51-42-21-7-4-16-41(42)47(52-50)32-25-27-38-37-15-6-9-23-45(37)55-46(38)29-32/h1-29H. The van der Waals surface area contributed by atoms with E-state index in [-0.39, 0.29) is 0 Å². The van der Waals surface area contributed by atoms with Gasteiger partial charge in [-0.1, -0.05) is 146 Å². The first-order valence-corrected chi connectivity index (χ1v) is 19.3. The van der Waals surface area contributed by atoms with Gasteiger partial charge in [0.15, 0.2) is 0 Å². The van der Waals surface area contributed by atoms with Crippen LogP contribution < -0.4 is 0 Å². The summed E-state index contributed by atoms with van der Waals surface area (Å²) in [5, 5.41) is 8.10. The van der Waals surface area contributed by atoms with E-state index in [0.717, 1.165) is 88.2 Å². The number of benzene rings is 8. The fourth-order valence-electron chi connectivity index (χ4n) is 8.50. The van der Waals surface area contributed by atoms with Crippen LogP contribution in [0.15, 0.2) is 180 Å². The minimum Gasteiger partial charge on any atom is -0.455 e. The van der Waals surface area contributed by atoms with E-state index in [0.29, 0.717) is 5.95 Å². The maximum atomic E-state index is 6.84. The molecule has 0 saturated carbocycles. The fraction of sp³-hybridized carbons (Fsp3) is 0. The van der Waals surface area contributed by atoms with Crippen molar-refractivity contribution in [1.82, 2.24) is 14.5 Å². The third kappa shape index (κ3) is 4.57. The van der Waals surface area contributed by atoms with Gasteiger partial charge in [0.2, 0.25) is 5.95 Å². The Labute approximate surface area is 319 Å². The summed E-state index contributed by atoms with van der Waals surface area (Å²) in [5.41, 5.74) is 11.1. The quantitative estimate of drug-likeness (QED) is 0.182. The molecule has 5 heteroatoms. The van der Waals surface area contributed by atoms with Crippen molar-refractivity contribution in [3.8, 4) is 39.5 Å². The van der Waals surface area contributed by atoms with Crippen LogP contribution in [0.5, 0.6) is 0 Å². The van der Waals surface area contributed by atoms with E-state index in [2.05, 4.69) is 174 Å². The van der Waals surface area contributed by atoms with Gasteiger partial charge in [-0.25, -0.2) is 9.97 Å². The first kappa shape index (κ1) is 30.4. The van der Waals surface area contributed by atoms with E-state index >= 15 is 0 Å². The molecule has 4 nitrogen and oxygen atoms in total. The monoisotopic (exact) mass is 719 g/mol. The molecule has 0 amide bonds. The van der Waals surface area contributed by atoms with Gasteiger partial charge in [-0.15, -0.1) is 11.3 Å². The number of para-hydroxylation sites is 4. The number of fused-ring (bicyclic) bond motifs is 10. The second-order valence-corrected chi connectivity index (χ2v) is 15.2. The van der Waals surface area contributed by atoms with Gasteiger partial charge in [0.25, 0.3) is 0 Å². The molecule has 0 radical (unpaired) electrons. The number of hydrogen-bond acceptors (Lipinski definition) is 4. The number of hydrogen-bond donors (Lipinski definition) is 0. The molecule has 4 heterocycles. The zero-order valence-electron chi connectivity index (χ0n) is 29.4. The van der Waals surface area contributed by atoms with Crippen LogP contribution in [-0.2, 0) is 0 Å². The Bertz CT molecular complexity index is 3500. The van der Waals surface area contributed by atoms with Gasteiger partial charge < -0.3 is 4.42 Å². The van der Waals surface area contributed by atoms with Crippen molar-refractivity contribution in [3.05, 3.63) is 176 Å². The number of thiophene rings is 1. The topological polar surface area (TPSA) is 43.9 Å². The molecule has 0 bridgehead atoms. The molecule has 0 aliphatic heterocycles. The molecule has 0 N–H and O–H groups in total. The van der Waals surface area contributed by atoms with Gasteiger partial charge in [0.1, 0.15) is 11.2 Å². The smallest absolute Gasteiger partial charge is 0.235 e. The van der Waals surface area contributed by atoms with Crippen LogP contribution in [0.1, 0.15) is 0 Å². The van der Waals surface area contributed by atoms with Crippen LogP contribution in [0, 0.1) is 0 Å². The van der Waals surface area contributed by atoms with E-state index in [9.17, 15) is 0 Å². The number of rotatable bonds is 4. The molecule has 0 unspecified atom stereocenters. The third-order valence-electron chi connectivity index (χ3n) is 11.0. The molecule has 55 heavy (non-hydrogen) atoms. The molecule has 0 spiro atoms. The molecule has 0 atom stereocenters. The predicted octanol–water partition coefficient (Wildman–Crippen LogP) is 14.0. The van der Waals surface area contributed by atoms with Crippen LogP contribution in [0.3, 0.4) is 0 Å². The van der Waals surface area contributed by atoms with E-state index in [4.69, 9.17) is 14.4 Å². The molecule has 12 rings (SSSR count). The summed E-state index contributed by atoms with van der Waals surface area (Å²) < 4.78 is 11.6. The minimum absolute atomic E-state index is 0.642. The Kier molecular flexibility index (Phi) is 6.47. The molecule has 4 aromatic heterocycles. The molecule has 0 fully saturated rings. The highest BCUT2D eigenvalue weighted by Crippen LogP contribution is 2.42. The molecule has 0 aliphatic carbocycles. The summed E-state index contributed by atoms with van der Waals surface area (Å²) >= 11 is 1.83. The molecule has 0 aliphatic rings. The first-order chi connectivity index (χ1) is 27.3. The lowest BCUT2D eigenvalue weighted by atomic mass is 9.99. The van der Waals surface area contributed by atoms with Crippen molar-refractivity contribution in [2.45, 2.75) is 0 Å². The van der Waals surface area contributed by atoms with Crippen molar-refractivity contribution < 1.29 is 4.42 Å². The molecule has 12 aromatic rings. The lowest BCUT2D eigenvalue weighted by molar-refractivity contribution is 0.671. The number of aromatic nitrogens is 3. The number of furan rings is 1. The second kappa shape index (κ2) is 11.7. The summed E-state index contributed by atoms with van der Waals surface area (Å²) in [7, 11) is 0. The maximum Gasteiger partial charge on any atom is 0.235 e. The molecule has 8 aromatic carbocycles. The van der Waals surface area contributed by atoms with Crippen molar-refractivity contribution in [2.24, 2.45) is 0 Å². The largest absolute Gasteiger partial charge is 0.455 e. The van der Waals surface area contributed by atoms with Gasteiger partial charge in [0.05, 0.1) is 22.2 Å². The average Bonchev–Trinajstić information content (AvgIpc) is 3.92. The van der Waals surface area contributed by atoms with E-state index in [1.807, 2.05) is 17.4 Å². The summed E-state index contributed by atoms with van der Waals surface area (Å²) in [5.74, 6) is 0.642. The Morgan fingerprint density at radius 3 is 1.85 bits per heavy atom. The minimum atomic E-state index is 0.642. The van der Waals surface area contributed by atoms with Crippen molar-refractivity contribution >= 4 is 86.2 Å². The Hall–Kier alpha value is -7.08. The van der Waals surface area contributed by atoms with Crippen LogP contribution in [0.4, 0.5) is 0 Å². The summed E-state index contributed by atoms with van der Waals surface area (Å²) in [4.78, 5) is 10.7. The first-order valence-electron chi connectivity index (χ1n) is 18.5. The third-order valence-corrected chi connectivity index (χ3v) is 12.2. The molecule has 0 saturated heterocycles. The van der Waals surface area contributed by atoms with E-state index in [1.54, 1.807) is 0 Å². The summed E-state index contributed by atoms with van der Waals surface area (Å²) in [6.45, 7) is 0. The Morgan fingerprint density at radius 2 is 1.02 bits per heavy atom. The van der Waals surface area contributed by atoms with Gasteiger partial charge in [0, 0.05) is 63.8 Å². The maximum absolute atomic E-state index is 6.84. The van der Waals surface area contributed by atoms with Gasteiger partial charge in [-0.05, 0) is 41.5 Å². The van der Waals surface area contributed by atoms with E-state index < -0.39 is 0 Å². The van der Waals surface area contributed by atoms with Crippen LogP contribution in [-0.4, -0.2) is 14.5 Å². The van der Waals surface area contributed by atoms with Crippen LogP contribution in [0.2, 0.25) is 0 Å². The highest BCUT2D eigenvalue weighted by atomic mass is 32.1. The van der Waals surface area contributed by atoms with Gasteiger partial charge in [-0.2, -0.15) is 0 Å². The number of nitrogens with zero attached hydrogens (tertiary/aromatic N) is 3. The van der Waals surface area contributed by atoms with Crippen molar-refractivity contribution in [3.63, 3.8) is 0 Å². The molecular formula is C50H29N3OS. The molecule has 256 valence electrons. The lowest BCUT2D eigenvalue weighted by Crippen LogP contribution is -2.03. The van der Waals surface area contributed by atoms with Crippen molar-refractivity contribution in [2.75, 3.05) is 0 Å². The van der Waals surface area contributed by atoms with Gasteiger partial charge in [-0.3, -0.25) is 4.57 Å². The predicted molar refractivity (Wildman–Crippen MR) is 230 cm³/mol. The van der Waals surface area contributed by atoms with Crippen molar-refractivity contribution in [1.29, 1.82) is 0 Å². The zero-order valence-corrected chi connectivity index (χ0v) is 30.2. The zero-order chi connectivity index (χ0) is 36.0.